The highest BCUT2D eigenvalue weighted by Gasteiger charge is 2.16. The molecule has 0 amide bonds. The van der Waals surface area contributed by atoms with E-state index in [1.807, 2.05) is 18.2 Å². The van der Waals surface area contributed by atoms with Crippen molar-refractivity contribution in [3.8, 4) is 0 Å². The van der Waals surface area contributed by atoms with E-state index < -0.39 is 0 Å². The average Bonchev–Trinajstić information content (AvgIpc) is 3.05. The number of rotatable bonds is 5. The Hall–Kier alpha value is -1.81. The molecule has 0 N–H and O–H groups in total. The summed E-state index contributed by atoms with van der Waals surface area (Å²) >= 11 is 5.90. The number of halogens is 1. The van der Waals surface area contributed by atoms with Crippen LogP contribution in [0.1, 0.15) is 24.6 Å². The molecule has 104 valence electrons. The van der Waals surface area contributed by atoms with Gasteiger partial charge >= 0.3 is 0 Å². The molecule has 0 aliphatic carbocycles. The van der Waals surface area contributed by atoms with Crippen LogP contribution in [0.2, 0.25) is 0 Å². The van der Waals surface area contributed by atoms with Crippen molar-refractivity contribution in [2.75, 3.05) is 5.88 Å². The fraction of sp³-hybridized carbons (Fsp3) is 0.333. The molecule has 0 spiro atoms. The second kappa shape index (κ2) is 5.67. The Morgan fingerprint density at radius 2 is 2.30 bits per heavy atom. The molecule has 3 rings (SSSR count). The Labute approximate surface area is 122 Å². The number of hydrogen-bond acceptors (Lipinski definition) is 3. The minimum absolute atomic E-state index is 0.256. The molecule has 0 bridgehead atoms. The summed E-state index contributed by atoms with van der Waals surface area (Å²) in [6, 6.07) is 6.17. The highest BCUT2D eigenvalue weighted by molar-refractivity contribution is 6.17. The Morgan fingerprint density at radius 3 is 3.05 bits per heavy atom. The number of pyridine rings is 1. The highest BCUT2D eigenvalue weighted by Crippen LogP contribution is 2.24. The monoisotopic (exact) mass is 289 g/mol. The third-order valence-electron chi connectivity index (χ3n) is 3.40. The predicted octanol–water partition coefficient (Wildman–Crippen LogP) is 3.61. The number of furan rings is 1. The molecule has 4 nitrogen and oxygen atoms in total. The van der Waals surface area contributed by atoms with Gasteiger partial charge in [0.15, 0.2) is 0 Å². The van der Waals surface area contributed by atoms with Crippen molar-refractivity contribution < 1.29 is 4.42 Å². The van der Waals surface area contributed by atoms with Gasteiger partial charge < -0.3 is 8.98 Å². The zero-order chi connectivity index (χ0) is 13.9. The number of nitrogens with zero attached hydrogens (tertiary/aromatic N) is 3. The van der Waals surface area contributed by atoms with E-state index in [0.29, 0.717) is 5.88 Å². The van der Waals surface area contributed by atoms with Crippen molar-refractivity contribution >= 4 is 22.6 Å². The first-order chi connectivity index (χ1) is 9.79. The van der Waals surface area contributed by atoms with Crippen molar-refractivity contribution in [3.05, 3.63) is 48.4 Å². The minimum atomic E-state index is 0.256. The molecule has 3 heterocycles. The van der Waals surface area contributed by atoms with Gasteiger partial charge in [-0.2, -0.15) is 0 Å². The summed E-state index contributed by atoms with van der Waals surface area (Å²) in [6.45, 7) is 2.17. The molecule has 0 aliphatic heterocycles. The molecule has 1 unspecified atom stereocenters. The number of hydrogen-bond donors (Lipinski definition) is 0. The molecule has 3 aromatic rings. The fourth-order valence-corrected chi connectivity index (χ4v) is 2.73. The van der Waals surface area contributed by atoms with Crippen LogP contribution in [-0.2, 0) is 12.8 Å². The van der Waals surface area contributed by atoms with Crippen molar-refractivity contribution in [1.82, 2.24) is 14.5 Å². The van der Waals surface area contributed by atoms with Gasteiger partial charge in [0.2, 0.25) is 0 Å². The first-order valence-corrected chi connectivity index (χ1v) is 7.22. The maximum atomic E-state index is 5.90. The second-order valence-corrected chi connectivity index (χ2v) is 5.21. The van der Waals surface area contributed by atoms with E-state index >= 15 is 0 Å². The molecule has 3 aromatic heterocycles. The predicted molar refractivity (Wildman–Crippen MR) is 79.1 cm³/mol. The fourth-order valence-electron chi connectivity index (χ4n) is 2.56. The first kappa shape index (κ1) is 13.2. The van der Waals surface area contributed by atoms with Gasteiger partial charge in [-0.05, 0) is 25.1 Å². The molecule has 0 saturated heterocycles. The molecular weight excluding hydrogens is 274 g/mol. The summed E-state index contributed by atoms with van der Waals surface area (Å²) in [5.74, 6) is 2.54. The molecule has 5 heteroatoms. The van der Waals surface area contributed by atoms with E-state index in [4.69, 9.17) is 16.0 Å². The van der Waals surface area contributed by atoms with Crippen LogP contribution >= 0.6 is 11.6 Å². The maximum absolute atomic E-state index is 5.90. The summed E-state index contributed by atoms with van der Waals surface area (Å²) < 4.78 is 7.68. The molecule has 20 heavy (non-hydrogen) atoms. The number of fused-ring (bicyclic) bond motifs is 1. The zero-order valence-corrected chi connectivity index (χ0v) is 12.0. The highest BCUT2D eigenvalue weighted by atomic mass is 35.5. The van der Waals surface area contributed by atoms with Crippen molar-refractivity contribution in [3.63, 3.8) is 0 Å². The Balaban J connectivity index is 2.01. The van der Waals surface area contributed by atoms with E-state index in [9.17, 15) is 0 Å². The Bertz CT molecular complexity index is 690. The summed E-state index contributed by atoms with van der Waals surface area (Å²) in [6.07, 6.45) is 6.88. The van der Waals surface area contributed by atoms with Crippen LogP contribution < -0.4 is 0 Å². The normalized spacial score (nSPS) is 12.9. The van der Waals surface area contributed by atoms with E-state index in [1.54, 1.807) is 18.7 Å². The smallest absolute Gasteiger partial charge is 0.111 e. The molecule has 0 radical (unpaired) electrons. The van der Waals surface area contributed by atoms with Gasteiger partial charge in [0.05, 0.1) is 18.0 Å². The number of aryl methyl sites for hydroxylation is 1. The lowest BCUT2D eigenvalue weighted by Gasteiger charge is -2.16. The van der Waals surface area contributed by atoms with Crippen LogP contribution in [0.25, 0.3) is 11.0 Å². The van der Waals surface area contributed by atoms with E-state index in [1.165, 1.54) is 0 Å². The summed E-state index contributed by atoms with van der Waals surface area (Å²) in [7, 11) is 0. The van der Waals surface area contributed by atoms with Crippen LogP contribution in [0.5, 0.6) is 0 Å². The molecule has 0 fully saturated rings. The van der Waals surface area contributed by atoms with Gasteiger partial charge in [-0.1, -0.05) is 0 Å². The lowest BCUT2D eigenvalue weighted by atomic mass is 10.2. The topological polar surface area (TPSA) is 43.9 Å². The van der Waals surface area contributed by atoms with Gasteiger partial charge in [0.1, 0.15) is 17.1 Å². The summed E-state index contributed by atoms with van der Waals surface area (Å²) in [5.41, 5.74) is 2.01. The summed E-state index contributed by atoms with van der Waals surface area (Å²) in [5, 5.41) is 0. The zero-order valence-electron chi connectivity index (χ0n) is 11.3. The summed E-state index contributed by atoms with van der Waals surface area (Å²) in [4.78, 5) is 8.77. The maximum Gasteiger partial charge on any atom is 0.111 e. The van der Waals surface area contributed by atoms with Crippen LogP contribution in [0, 0.1) is 0 Å². The van der Waals surface area contributed by atoms with Gasteiger partial charge in [-0.15, -0.1) is 11.6 Å². The molecule has 0 aromatic carbocycles. The van der Waals surface area contributed by atoms with Gasteiger partial charge in [-0.25, -0.2) is 4.98 Å². The van der Waals surface area contributed by atoms with Crippen molar-refractivity contribution in [2.24, 2.45) is 0 Å². The lowest BCUT2D eigenvalue weighted by molar-refractivity contribution is 0.447. The quantitative estimate of drug-likeness (QED) is 0.674. The van der Waals surface area contributed by atoms with Gasteiger partial charge in [0, 0.05) is 31.0 Å². The first-order valence-electron chi connectivity index (χ1n) is 6.68. The molecule has 0 aliphatic rings. The van der Waals surface area contributed by atoms with Gasteiger partial charge in [0.25, 0.3) is 0 Å². The Morgan fingerprint density at radius 1 is 1.40 bits per heavy atom. The van der Waals surface area contributed by atoms with Crippen LogP contribution in [0.3, 0.4) is 0 Å². The lowest BCUT2D eigenvalue weighted by Crippen LogP contribution is -2.12. The number of aromatic nitrogens is 3. The van der Waals surface area contributed by atoms with E-state index in [-0.39, 0.29) is 6.04 Å². The molecular formula is C15H16ClN3O. The van der Waals surface area contributed by atoms with Crippen LogP contribution in [0.15, 0.2) is 41.3 Å². The van der Waals surface area contributed by atoms with Crippen molar-refractivity contribution in [2.45, 2.75) is 25.8 Å². The standard InChI is InChI=1S/C15H16ClN3O/c1-11(9-12-3-2-8-20-12)19-14-5-7-17-10-13(14)18-15(19)4-6-16/h2-3,5,7-8,10-11H,4,6,9H2,1H3. The number of imidazole rings is 1. The minimum Gasteiger partial charge on any atom is -0.469 e. The molecule has 1 atom stereocenters. The Kier molecular flexibility index (Phi) is 3.74. The van der Waals surface area contributed by atoms with Crippen molar-refractivity contribution in [1.29, 1.82) is 0 Å². The third-order valence-corrected chi connectivity index (χ3v) is 3.59. The van der Waals surface area contributed by atoms with Gasteiger partial charge in [-0.3, -0.25) is 4.98 Å². The largest absolute Gasteiger partial charge is 0.469 e. The van der Waals surface area contributed by atoms with E-state index in [0.717, 1.165) is 35.5 Å². The van der Waals surface area contributed by atoms with Crippen LogP contribution in [0.4, 0.5) is 0 Å². The number of alkyl halides is 1. The molecule has 0 saturated carbocycles. The van der Waals surface area contributed by atoms with Crippen LogP contribution in [-0.4, -0.2) is 20.4 Å². The third kappa shape index (κ3) is 2.43. The average molecular weight is 290 g/mol. The second-order valence-electron chi connectivity index (χ2n) is 4.83. The SMILES string of the molecule is CC(Cc1ccco1)n1c(CCCl)nc2cnccc21. The van der Waals surface area contributed by atoms with E-state index in [2.05, 4.69) is 21.5 Å².